The van der Waals surface area contributed by atoms with Crippen LogP contribution in [0.1, 0.15) is 58.3 Å². The zero-order valence-electron chi connectivity index (χ0n) is 11.1. The second-order valence-corrected chi connectivity index (χ2v) is 6.30. The van der Waals surface area contributed by atoms with Gasteiger partial charge in [0.2, 0.25) is 0 Å². The van der Waals surface area contributed by atoms with E-state index >= 15 is 0 Å². The van der Waals surface area contributed by atoms with Gasteiger partial charge in [-0.2, -0.15) is 11.8 Å². The summed E-state index contributed by atoms with van der Waals surface area (Å²) in [6.07, 6.45) is 13.5. The van der Waals surface area contributed by atoms with Crippen LogP contribution in [0.5, 0.6) is 0 Å². The summed E-state index contributed by atoms with van der Waals surface area (Å²) in [6, 6.07) is 0.825. The lowest BCUT2D eigenvalue weighted by Gasteiger charge is -2.16. The van der Waals surface area contributed by atoms with Crippen molar-refractivity contribution in [2.24, 2.45) is 5.92 Å². The van der Waals surface area contributed by atoms with E-state index in [0.717, 1.165) is 12.0 Å². The molecule has 1 N–H and O–H groups in total. The van der Waals surface area contributed by atoms with Gasteiger partial charge in [0.05, 0.1) is 0 Å². The molecule has 0 bridgehead atoms. The third-order valence-electron chi connectivity index (χ3n) is 3.72. The highest BCUT2D eigenvalue weighted by molar-refractivity contribution is 7.98. The van der Waals surface area contributed by atoms with Crippen LogP contribution >= 0.6 is 11.8 Å². The second kappa shape index (κ2) is 9.35. The van der Waals surface area contributed by atoms with Gasteiger partial charge >= 0.3 is 0 Å². The SMILES string of the molecule is CSCCCCCNC1CCCC(C)CC1. The number of hydrogen-bond donors (Lipinski definition) is 1. The Morgan fingerprint density at radius 2 is 1.94 bits per heavy atom. The highest BCUT2D eigenvalue weighted by Crippen LogP contribution is 2.22. The van der Waals surface area contributed by atoms with E-state index in [9.17, 15) is 0 Å². The number of thioether (sulfide) groups is 1. The van der Waals surface area contributed by atoms with Gasteiger partial charge in [-0.1, -0.05) is 26.2 Å². The lowest BCUT2D eigenvalue weighted by molar-refractivity contribution is 0.441. The molecule has 2 atom stereocenters. The van der Waals surface area contributed by atoms with Crippen molar-refractivity contribution >= 4 is 11.8 Å². The molecule has 16 heavy (non-hydrogen) atoms. The van der Waals surface area contributed by atoms with Gasteiger partial charge in [-0.05, 0) is 56.6 Å². The molecule has 0 aliphatic heterocycles. The first-order valence-corrected chi connectivity index (χ1v) is 8.44. The Bertz CT molecular complexity index is 161. The Labute approximate surface area is 106 Å². The highest BCUT2D eigenvalue weighted by atomic mass is 32.2. The molecule has 1 fully saturated rings. The summed E-state index contributed by atoms with van der Waals surface area (Å²) in [7, 11) is 0. The van der Waals surface area contributed by atoms with E-state index in [4.69, 9.17) is 0 Å². The van der Waals surface area contributed by atoms with Gasteiger partial charge in [0.25, 0.3) is 0 Å². The third kappa shape index (κ3) is 6.80. The molecule has 1 aliphatic rings. The highest BCUT2D eigenvalue weighted by Gasteiger charge is 2.14. The average Bonchev–Trinajstić information content (AvgIpc) is 2.49. The molecular formula is C14H29NS. The van der Waals surface area contributed by atoms with Crippen LogP contribution in [0.15, 0.2) is 0 Å². The van der Waals surface area contributed by atoms with E-state index in [1.54, 1.807) is 0 Å². The predicted octanol–water partition coefficient (Wildman–Crippen LogP) is 4.08. The van der Waals surface area contributed by atoms with E-state index in [1.165, 1.54) is 63.7 Å². The number of hydrogen-bond acceptors (Lipinski definition) is 2. The van der Waals surface area contributed by atoms with Crippen LogP contribution in [0, 0.1) is 5.92 Å². The van der Waals surface area contributed by atoms with Crippen molar-refractivity contribution in [2.45, 2.75) is 64.3 Å². The average molecular weight is 243 g/mol. The van der Waals surface area contributed by atoms with Crippen molar-refractivity contribution in [3.05, 3.63) is 0 Å². The molecule has 0 spiro atoms. The quantitative estimate of drug-likeness (QED) is 0.534. The Kier molecular flexibility index (Phi) is 8.40. The summed E-state index contributed by atoms with van der Waals surface area (Å²) < 4.78 is 0. The molecule has 0 radical (unpaired) electrons. The fourth-order valence-electron chi connectivity index (χ4n) is 2.55. The van der Waals surface area contributed by atoms with Crippen LogP contribution in [-0.2, 0) is 0 Å². The fraction of sp³-hybridized carbons (Fsp3) is 1.00. The molecule has 0 aromatic carbocycles. The zero-order chi connectivity index (χ0) is 11.6. The van der Waals surface area contributed by atoms with Crippen LogP contribution in [0.4, 0.5) is 0 Å². The number of rotatable bonds is 7. The van der Waals surface area contributed by atoms with Gasteiger partial charge in [-0.15, -0.1) is 0 Å². The molecule has 0 heterocycles. The molecule has 0 aromatic heterocycles. The summed E-state index contributed by atoms with van der Waals surface area (Å²) in [5, 5.41) is 3.75. The third-order valence-corrected chi connectivity index (χ3v) is 4.41. The van der Waals surface area contributed by atoms with Crippen LogP contribution in [0.25, 0.3) is 0 Å². The van der Waals surface area contributed by atoms with Crippen molar-refractivity contribution in [1.29, 1.82) is 0 Å². The second-order valence-electron chi connectivity index (χ2n) is 5.32. The summed E-state index contributed by atoms with van der Waals surface area (Å²) in [6.45, 7) is 3.65. The first kappa shape index (κ1) is 14.4. The molecular weight excluding hydrogens is 214 g/mol. The molecule has 1 nitrogen and oxygen atoms in total. The normalized spacial score (nSPS) is 26.6. The van der Waals surface area contributed by atoms with E-state index in [0.29, 0.717) is 0 Å². The fourth-order valence-corrected chi connectivity index (χ4v) is 3.04. The maximum atomic E-state index is 3.75. The number of unbranched alkanes of at least 4 members (excludes halogenated alkanes) is 2. The smallest absolute Gasteiger partial charge is 0.00671 e. The van der Waals surface area contributed by atoms with E-state index < -0.39 is 0 Å². The molecule has 2 unspecified atom stereocenters. The van der Waals surface area contributed by atoms with Crippen molar-refractivity contribution in [1.82, 2.24) is 5.32 Å². The summed E-state index contributed by atoms with van der Waals surface area (Å²) in [5.41, 5.74) is 0. The maximum Gasteiger partial charge on any atom is 0.00671 e. The number of nitrogens with one attached hydrogen (secondary N) is 1. The topological polar surface area (TPSA) is 12.0 Å². The van der Waals surface area contributed by atoms with Gasteiger partial charge in [0.1, 0.15) is 0 Å². The van der Waals surface area contributed by atoms with Gasteiger partial charge in [-0.3, -0.25) is 0 Å². The molecule has 1 rings (SSSR count). The first-order valence-electron chi connectivity index (χ1n) is 7.05. The first-order chi connectivity index (χ1) is 7.83. The standard InChI is InChI=1S/C14H29NS/c1-13-7-6-8-14(10-9-13)15-11-4-3-5-12-16-2/h13-15H,3-12H2,1-2H3. The minimum atomic E-state index is 0.825. The van der Waals surface area contributed by atoms with Gasteiger partial charge in [-0.25, -0.2) is 0 Å². The van der Waals surface area contributed by atoms with Crippen molar-refractivity contribution in [3.63, 3.8) is 0 Å². The molecule has 0 amide bonds. The zero-order valence-corrected chi connectivity index (χ0v) is 12.0. The van der Waals surface area contributed by atoms with Crippen LogP contribution < -0.4 is 5.32 Å². The van der Waals surface area contributed by atoms with E-state index in [-0.39, 0.29) is 0 Å². The van der Waals surface area contributed by atoms with Gasteiger partial charge < -0.3 is 5.32 Å². The van der Waals surface area contributed by atoms with Crippen LogP contribution in [0.3, 0.4) is 0 Å². The van der Waals surface area contributed by atoms with E-state index in [1.807, 2.05) is 11.8 Å². The summed E-state index contributed by atoms with van der Waals surface area (Å²) in [5.74, 6) is 2.30. The Balaban J connectivity index is 1.95. The summed E-state index contributed by atoms with van der Waals surface area (Å²) in [4.78, 5) is 0. The Morgan fingerprint density at radius 1 is 1.06 bits per heavy atom. The van der Waals surface area contributed by atoms with Crippen molar-refractivity contribution < 1.29 is 0 Å². The van der Waals surface area contributed by atoms with Crippen LogP contribution in [0.2, 0.25) is 0 Å². The molecule has 0 aromatic rings. The minimum absolute atomic E-state index is 0.825. The lowest BCUT2D eigenvalue weighted by atomic mass is 10.0. The lowest BCUT2D eigenvalue weighted by Crippen LogP contribution is -2.29. The Morgan fingerprint density at radius 3 is 2.75 bits per heavy atom. The van der Waals surface area contributed by atoms with E-state index in [2.05, 4.69) is 18.5 Å². The van der Waals surface area contributed by atoms with Gasteiger partial charge in [0, 0.05) is 6.04 Å². The maximum absolute atomic E-state index is 3.75. The predicted molar refractivity (Wildman–Crippen MR) is 76.3 cm³/mol. The van der Waals surface area contributed by atoms with Crippen molar-refractivity contribution in [3.8, 4) is 0 Å². The van der Waals surface area contributed by atoms with Crippen LogP contribution in [-0.4, -0.2) is 24.6 Å². The summed E-state index contributed by atoms with van der Waals surface area (Å²) >= 11 is 1.97. The van der Waals surface area contributed by atoms with Crippen molar-refractivity contribution in [2.75, 3.05) is 18.6 Å². The monoisotopic (exact) mass is 243 g/mol. The molecule has 96 valence electrons. The largest absolute Gasteiger partial charge is 0.314 e. The Hall–Kier alpha value is 0.310. The molecule has 1 aliphatic carbocycles. The molecule has 0 saturated heterocycles. The van der Waals surface area contributed by atoms with Gasteiger partial charge in [0.15, 0.2) is 0 Å². The minimum Gasteiger partial charge on any atom is -0.314 e. The molecule has 1 saturated carbocycles. The molecule has 2 heteroatoms.